The van der Waals surface area contributed by atoms with Crippen LogP contribution in [0.1, 0.15) is 35.0 Å². The molecule has 0 spiro atoms. The van der Waals surface area contributed by atoms with E-state index in [1.54, 1.807) is 17.8 Å². The Balaban J connectivity index is 1.67. The molecule has 0 radical (unpaired) electrons. The van der Waals surface area contributed by atoms with Crippen molar-refractivity contribution in [3.05, 3.63) is 65.7 Å². The number of nitrogens with zero attached hydrogens (tertiary/aromatic N) is 5. The Kier molecular flexibility index (Phi) is 11.0. The van der Waals surface area contributed by atoms with Crippen LogP contribution in [0.15, 0.2) is 48.9 Å². The monoisotopic (exact) mass is 664 g/mol. The summed E-state index contributed by atoms with van der Waals surface area (Å²) in [6.07, 6.45) is -0.877. The molecule has 46 heavy (non-hydrogen) atoms. The second-order valence-electron chi connectivity index (χ2n) is 9.69. The molecule has 0 aliphatic heterocycles. The van der Waals surface area contributed by atoms with Gasteiger partial charge in [-0.15, -0.1) is 0 Å². The molecule has 0 saturated heterocycles. The van der Waals surface area contributed by atoms with Crippen LogP contribution < -0.4 is 20.7 Å². The number of halogens is 3. The fourth-order valence-corrected chi connectivity index (χ4v) is 5.42. The van der Waals surface area contributed by atoms with E-state index in [9.17, 15) is 27.4 Å². The van der Waals surface area contributed by atoms with Crippen LogP contribution in [0.4, 0.5) is 36.3 Å². The maximum absolute atomic E-state index is 14.0. The average molecular weight is 665 g/mol. The quantitative estimate of drug-likeness (QED) is 0.117. The summed E-state index contributed by atoms with van der Waals surface area (Å²) in [5.41, 5.74) is 0.122. The summed E-state index contributed by atoms with van der Waals surface area (Å²) >= 11 is 0. The standard InChI is InChI=1S/C28H32F3N8O6P/c1-4-45-46(42,43)16-17-6-7-21(23(12-17)44-3)37-27-33-14-19(28(29,30)31)25(38-27)36-22-9-8-20(35-24(22)26(41)32-2)18-13-34-39(15-18)10-5-11-40/h6-9,12-15,40H,4-5,10-11,16H2,1-3H3,(H,32,41)(H,42,43)(H2,33,36,37,38). The van der Waals surface area contributed by atoms with Gasteiger partial charge < -0.3 is 35.2 Å². The van der Waals surface area contributed by atoms with Crippen LogP contribution >= 0.6 is 7.60 Å². The Labute approximate surface area is 261 Å². The lowest BCUT2D eigenvalue weighted by molar-refractivity contribution is -0.137. The van der Waals surface area contributed by atoms with Gasteiger partial charge in [-0.05, 0) is 43.2 Å². The second kappa shape index (κ2) is 14.7. The number of aliphatic hydroxyl groups is 1. The lowest BCUT2D eigenvalue weighted by Gasteiger charge is -2.17. The molecule has 4 rings (SSSR count). The lowest BCUT2D eigenvalue weighted by atomic mass is 10.1. The summed E-state index contributed by atoms with van der Waals surface area (Å²) in [6, 6.07) is 7.41. The molecule has 1 amide bonds. The van der Waals surface area contributed by atoms with Gasteiger partial charge in [0.15, 0.2) is 5.69 Å². The number of nitrogens with one attached hydrogen (secondary N) is 3. The number of carbonyl (C=O) groups excluding carboxylic acids is 1. The first-order valence-electron chi connectivity index (χ1n) is 13.9. The van der Waals surface area contributed by atoms with Gasteiger partial charge in [-0.1, -0.05) is 6.07 Å². The van der Waals surface area contributed by atoms with Crippen molar-refractivity contribution in [2.75, 3.05) is 38.0 Å². The maximum atomic E-state index is 14.0. The number of aryl methyl sites for hydroxylation is 1. The van der Waals surface area contributed by atoms with Crippen LogP contribution in [0.3, 0.4) is 0 Å². The van der Waals surface area contributed by atoms with E-state index in [4.69, 9.17) is 14.4 Å². The summed E-state index contributed by atoms with van der Waals surface area (Å²) in [4.78, 5) is 35.0. The fraction of sp³-hybridized carbons (Fsp3) is 0.321. The van der Waals surface area contributed by atoms with Crippen LogP contribution in [-0.4, -0.2) is 68.0 Å². The molecule has 0 fully saturated rings. The number of pyridine rings is 1. The predicted molar refractivity (Wildman–Crippen MR) is 162 cm³/mol. The van der Waals surface area contributed by atoms with Crippen molar-refractivity contribution in [3.63, 3.8) is 0 Å². The predicted octanol–water partition coefficient (Wildman–Crippen LogP) is 4.71. The van der Waals surface area contributed by atoms with E-state index in [1.807, 2.05) is 0 Å². The highest BCUT2D eigenvalue weighted by atomic mass is 31.2. The number of aliphatic hydroxyl groups excluding tert-OH is 1. The molecule has 3 aromatic heterocycles. The molecule has 1 aromatic carbocycles. The first kappa shape index (κ1) is 34.3. The van der Waals surface area contributed by atoms with Crippen molar-refractivity contribution in [2.24, 2.45) is 0 Å². The van der Waals surface area contributed by atoms with Gasteiger partial charge in [0.25, 0.3) is 5.91 Å². The molecular formula is C28H32F3N8O6P. The molecule has 246 valence electrons. The molecule has 0 aliphatic carbocycles. The number of hydrogen-bond donors (Lipinski definition) is 5. The second-order valence-corrected chi connectivity index (χ2v) is 11.5. The highest BCUT2D eigenvalue weighted by Crippen LogP contribution is 2.46. The van der Waals surface area contributed by atoms with Gasteiger partial charge in [0.2, 0.25) is 5.95 Å². The van der Waals surface area contributed by atoms with Gasteiger partial charge in [-0.3, -0.25) is 14.0 Å². The van der Waals surface area contributed by atoms with Crippen molar-refractivity contribution >= 4 is 36.6 Å². The Morgan fingerprint density at radius 1 is 1.11 bits per heavy atom. The van der Waals surface area contributed by atoms with Gasteiger partial charge in [-0.2, -0.15) is 23.3 Å². The van der Waals surface area contributed by atoms with Crippen LogP contribution in [0.2, 0.25) is 0 Å². The molecule has 1 unspecified atom stereocenters. The Morgan fingerprint density at radius 2 is 1.87 bits per heavy atom. The van der Waals surface area contributed by atoms with E-state index in [-0.39, 0.29) is 48.1 Å². The van der Waals surface area contributed by atoms with E-state index in [0.29, 0.717) is 36.0 Å². The topological polar surface area (TPSA) is 186 Å². The highest BCUT2D eigenvalue weighted by molar-refractivity contribution is 7.51. The van der Waals surface area contributed by atoms with Gasteiger partial charge >= 0.3 is 13.8 Å². The van der Waals surface area contributed by atoms with Crippen LogP contribution in [0.5, 0.6) is 5.75 Å². The van der Waals surface area contributed by atoms with Gasteiger partial charge in [0, 0.05) is 38.2 Å². The number of aromatic nitrogens is 5. The number of amides is 1. The van der Waals surface area contributed by atoms with Crippen molar-refractivity contribution < 1.29 is 41.8 Å². The van der Waals surface area contributed by atoms with E-state index in [0.717, 1.165) is 0 Å². The number of hydrogen-bond acceptors (Lipinski definition) is 11. The lowest BCUT2D eigenvalue weighted by Crippen LogP contribution is -2.21. The van der Waals surface area contributed by atoms with Crippen LogP contribution in [0, 0.1) is 0 Å². The molecule has 14 nitrogen and oxygen atoms in total. The van der Waals surface area contributed by atoms with Crippen molar-refractivity contribution in [3.8, 4) is 17.0 Å². The zero-order valence-electron chi connectivity index (χ0n) is 25.0. The molecule has 18 heteroatoms. The first-order chi connectivity index (χ1) is 21.9. The molecule has 4 aromatic rings. The molecule has 0 aliphatic rings. The number of anilines is 4. The number of alkyl halides is 3. The fourth-order valence-electron chi connectivity index (χ4n) is 4.27. The molecular weight excluding hydrogens is 632 g/mol. The minimum Gasteiger partial charge on any atom is -0.495 e. The van der Waals surface area contributed by atoms with E-state index >= 15 is 0 Å². The molecule has 0 bridgehead atoms. The van der Waals surface area contributed by atoms with Gasteiger partial charge in [0.1, 0.15) is 17.1 Å². The Morgan fingerprint density at radius 3 is 2.54 bits per heavy atom. The van der Waals surface area contributed by atoms with Crippen LogP contribution in [0.25, 0.3) is 11.3 Å². The summed E-state index contributed by atoms with van der Waals surface area (Å²) in [7, 11) is -1.18. The number of benzene rings is 1. The summed E-state index contributed by atoms with van der Waals surface area (Å²) in [5.74, 6) is -1.37. The van der Waals surface area contributed by atoms with Crippen molar-refractivity contribution in [1.82, 2.24) is 30.0 Å². The molecule has 5 N–H and O–H groups in total. The largest absolute Gasteiger partial charge is 0.495 e. The third-order valence-electron chi connectivity index (χ3n) is 6.38. The normalized spacial score (nSPS) is 12.8. The Bertz CT molecular complexity index is 1740. The number of carbonyl (C=O) groups is 1. The van der Waals surface area contributed by atoms with E-state index in [2.05, 4.69) is 36.0 Å². The van der Waals surface area contributed by atoms with E-state index in [1.165, 1.54) is 50.7 Å². The zero-order valence-corrected chi connectivity index (χ0v) is 25.9. The third-order valence-corrected chi connectivity index (χ3v) is 7.81. The number of methoxy groups -OCH3 is 1. The average Bonchev–Trinajstić information content (AvgIpc) is 3.49. The molecule has 1 atom stereocenters. The van der Waals surface area contributed by atoms with Crippen LogP contribution in [-0.2, 0) is 28.0 Å². The van der Waals surface area contributed by atoms with E-state index < -0.39 is 31.1 Å². The smallest absolute Gasteiger partial charge is 0.421 e. The summed E-state index contributed by atoms with van der Waals surface area (Å²) in [5, 5.41) is 21.1. The number of ether oxygens (including phenoxy) is 1. The third kappa shape index (κ3) is 8.57. The van der Waals surface area contributed by atoms with Crippen molar-refractivity contribution in [1.29, 1.82) is 0 Å². The Hall–Kier alpha value is -4.57. The maximum Gasteiger partial charge on any atom is 0.421 e. The summed E-state index contributed by atoms with van der Waals surface area (Å²) in [6.45, 7) is 2.08. The molecule has 0 saturated carbocycles. The molecule has 3 heterocycles. The highest BCUT2D eigenvalue weighted by Gasteiger charge is 2.36. The zero-order chi connectivity index (χ0) is 33.5. The summed E-state index contributed by atoms with van der Waals surface area (Å²) < 4.78 is 66.1. The van der Waals surface area contributed by atoms with Gasteiger partial charge in [0.05, 0.1) is 43.1 Å². The van der Waals surface area contributed by atoms with Gasteiger partial charge in [-0.25, -0.2) is 9.97 Å². The number of rotatable bonds is 14. The first-order valence-corrected chi connectivity index (χ1v) is 15.6. The van der Waals surface area contributed by atoms with Crippen molar-refractivity contribution in [2.45, 2.75) is 32.2 Å². The minimum absolute atomic E-state index is 0.0155. The minimum atomic E-state index is -4.86. The SMILES string of the molecule is CCOP(=O)(O)Cc1ccc(Nc2ncc(C(F)(F)F)c(Nc3ccc(-c4cnn(CCCO)c4)nc3C(=O)NC)n2)c(OC)c1.